The van der Waals surface area contributed by atoms with Gasteiger partial charge < -0.3 is 9.47 Å². The Morgan fingerprint density at radius 1 is 1.07 bits per heavy atom. The van der Waals surface area contributed by atoms with E-state index in [-0.39, 0.29) is 0 Å². The minimum Gasteiger partial charge on any atom is -0.378 e. The quantitative estimate of drug-likeness (QED) is 0.586. The van der Waals surface area contributed by atoms with Crippen LogP contribution in [0.25, 0.3) is 0 Å². The summed E-state index contributed by atoms with van der Waals surface area (Å²) >= 11 is 0. The number of rotatable bonds is 7. The Bertz CT molecular complexity index is 148. The van der Waals surface area contributed by atoms with E-state index in [0.29, 0.717) is 12.2 Å². The number of ether oxygens (including phenoxy) is 2. The zero-order chi connectivity index (χ0) is 9.64. The lowest BCUT2D eigenvalue weighted by atomic mass is 10.1. The molecule has 2 aliphatic rings. The Morgan fingerprint density at radius 2 is 2.00 bits per heavy atom. The molecule has 1 atom stereocenters. The van der Waals surface area contributed by atoms with Crippen LogP contribution < -0.4 is 0 Å². The standard InChI is InChI=1S/C12H22O2/c1(3-9-13-12-7-8-12)2-5-11-6-4-10-14-11/h11-12H,1-10H2/t11-/m0/s1. The van der Waals surface area contributed by atoms with Crippen LogP contribution >= 0.6 is 0 Å². The van der Waals surface area contributed by atoms with E-state index in [1.54, 1.807) is 0 Å². The summed E-state index contributed by atoms with van der Waals surface area (Å²) in [5.41, 5.74) is 0. The lowest BCUT2D eigenvalue weighted by molar-refractivity contribution is 0.0968. The molecule has 0 aromatic carbocycles. The molecule has 2 heteroatoms. The molecule has 1 aliphatic carbocycles. The monoisotopic (exact) mass is 198 g/mol. The fraction of sp³-hybridized carbons (Fsp3) is 1.00. The van der Waals surface area contributed by atoms with E-state index in [9.17, 15) is 0 Å². The van der Waals surface area contributed by atoms with Crippen LogP contribution in [0.3, 0.4) is 0 Å². The molecule has 1 aliphatic heterocycles. The van der Waals surface area contributed by atoms with Gasteiger partial charge in [0.15, 0.2) is 0 Å². The molecule has 0 radical (unpaired) electrons. The van der Waals surface area contributed by atoms with Crippen molar-refractivity contribution in [1.82, 2.24) is 0 Å². The van der Waals surface area contributed by atoms with Gasteiger partial charge in [0.25, 0.3) is 0 Å². The highest BCUT2D eigenvalue weighted by atomic mass is 16.5. The van der Waals surface area contributed by atoms with Crippen molar-refractivity contribution in [2.45, 2.75) is 63.6 Å². The molecule has 0 unspecified atom stereocenters. The molecular weight excluding hydrogens is 176 g/mol. The summed E-state index contributed by atoms with van der Waals surface area (Å²) in [6.45, 7) is 1.98. The topological polar surface area (TPSA) is 18.5 Å². The first-order valence-corrected chi connectivity index (χ1v) is 6.18. The van der Waals surface area contributed by atoms with Gasteiger partial charge in [0.05, 0.1) is 12.2 Å². The predicted octanol–water partition coefficient (Wildman–Crippen LogP) is 2.90. The lowest BCUT2D eigenvalue weighted by Crippen LogP contribution is -2.04. The van der Waals surface area contributed by atoms with Crippen LogP contribution in [0.4, 0.5) is 0 Å². The Balaban J connectivity index is 1.35. The molecule has 14 heavy (non-hydrogen) atoms. The van der Waals surface area contributed by atoms with E-state index in [1.807, 2.05) is 0 Å². The second-order valence-electron chi connectivity index (χ2n) is 4.55. The van der Waals surface area contributed by atoms with E-state index in [0.717, 1.165) is 13.2 Å². The van der Waals surface area contributed by atoms with Gasteiger partial charge in [-0.05, 0) is 38.5 Å². The first-order chi connectivity index (χ1) is 6.95. The summed E-state index contributed by atoms with van der Waals surface area (Å²) in [5, 5.41) is 0. The third-order valence-corrected chi connectivity index (χ3v) is 3.07. The summed E-state index contributed by atoms with van der Waals surface area (Å²) < 4.78 is 11.2. The third-order valence-electron chi connectivity index (χ3n) is 3.07. The summed E-state index contributed by atoms with van der Waals surface area (Å²) in [5.74, 6) is 0. The van der Waals surface area contributed by atoms with Gasteiger partial charge in [0.2, 0.25) is 0 Å². The molecule has 1 saturated carbocycles. The van der Waals surface area contributed by atoms with Gasteiger partial charge in [-0.2, -0.15) is 0 Å². The van der Waals surface area contributed by atoms with Crippen LogP contribution in [0.15, 0.2) is 0 Å². The second kappa shape index (κ2) is 5.72. The van der Waals surface area contributed by atoms with Crippen molar-refractivity contribution < 1.29 is 9.47 Å². The highest BCUT2D eigenvalue weighted by molar-refractivity contribution is 4.72. The fourth-order valence-electron chi connectivity index (χ4n) is 2.01. The third kappa shape index (κ3) is 3.97. The molecule has 0 aromatic heterocycles. The normalized spacial score (nSPS) is 27.0. The summed E-state index contributed by atoms with van der Waals surface area (Å²) in [6.07, 6.45) is 11.5. The zero-order valence-electron chi connectivity index (χ0n) is 9.04. The van der Waals surface area contributed by atoms with Crippen molar-refractivity contribution in [3.63, 3.8) is 0 Å². The number of hydrogen-bond acceptors (Lipinski definition) is 2. The second-order valence-corrected chi connectivity index (χ2v) is 4.55. The Hall–Kier alpha value is -0.0800. The average Bonchev–Trinajstić information content (AvgIpc) is 2.87. The Labute approximate surface area is 87.0 Å². The molecule has 0 spiro atoms. The van der Waals surface area contributed by atoms with Gasteiger partial charge in [-0.25, -0.2) is 0 Å². The molecule has 0 aromatic rings. The highest BCUT2D eigenvalue weighted by Crippen LogP contribution is 2.24. The average molecular weight is 198 g/mol. The van der Waals surface area contributed by atoms with E-state index >= 15 is 0 Å². The van der Waals surface area contributed by atoms with Crippen molar-refractivity contribution in [3.05, 3.63) is 0 Å². The van der Waals surface area contributed by atoms with Crippen LogP contribution in [0.5, 0.6) is 0 Å². The van der Waals surface area contributed by atoms with Gasteiger partial charge >= 0.3 is 0 Å². The fourth-order valence-corrected chi connectivity index (χ4v) is 2.01. The Kier molecular flexibility index (Phi) is 4.26. The molecule has 1 heterocycles. The molecular formula is C12H22O2. The van der Waals surface area contributed by atoms with E-state index in [4.69, 9.17) is 9.47 Å². The number of hydrogen-bond donors (Lipinski definition) is 0. The van der Waals surface area contributed by atoms with Crippen molar-refractivity contribution in [3.8, 4) is 0 Å². The summed E-state index contributed by atoms with van der Waals surface area (Å²) in [4.78, 5) is 0. The number of unbranched alkanes of at least 4 members (excludes halogenated alkanes) is 2. The molecule has 2 nitrogen and oxygen atoms in total. The first-order valence-electron chi connectivity index (χ1n) is 6.18. The molecule has 1 saturated heterocycles. The van der Waals surface area contributed by atoms with Crippen LogP contribution in [-0.2, 0) is 9.47 Å². The minimum atomic E-state index is 0.583. The first kappa shape index (κ1) is 10.4. The molecule has 2 fully saturated rings. The van der Waals surface area contributed by atoms with Crippen molar-refractivity contribution >= 4 is 0 Å². The molecule has 2 rings (SSSR count). The summed E-state index contributed by atoms with van der Waals surface area (Å²) in [7, 11) is 0. The SMILES string of the molecule is C(CCOC1CC1)CC[C@H]1CCCO1. The molecule has 82 valence electrons. The minimum absolute atomic E-state index is 0.583. The maximum Gasteiger partial charge on any atom is 0.0577 e. The van der Waals surface area contributed by atoms with Crippen LogP contribution in [-0.4, -0.2) is 25.4 Å². The molecule has 0 bridgehead atoms. The smallest absolute Gasteiger partial charge is 0.0577 e. The van der Waals surface area contributed by atoms with E-state index in [1.165, 1.54) is 51.4 Å². The Morgan fingerprint density at radius 3 is 2.71 bits per heavy atom. The molecule has 0 N–H and O–H groups in total. The highest BCUT2D eigenvalue weighted by Gasteiger charge is 2.21. The maximum absolute atomic E-state index is 5.59. The summed E-state index contributed by atoms with van der Waals surface area (Å²) in [6, 6.07) is 0. The van der Waals surface area contributed by atoms with Crippen LogP contribution in [0.2, 0.25) is 0 Å². The van der Waals surface area contributed by atoms with E-state index in [2.05, 4.69) is 0 Å². The van der Waals surface area contributed by atoms with Gasteiger partial charge in [-0.1, -0.05) is 12.8 Å². The lowest BCUT2D eigenvalue weighted by Gasteiger charge is -2.08. The van der Waals surface area contributed by atoms with Gasteiger partial charge in [-0.15, -0.1) is 0 Å². The maximum atomic E-state index is 5.59. The van der Waals surface area contributed by atoms with Gasteiger partial charge in [-0.3, -0.25) is 0 Å². The predicted molar refractivity (Wildman–Crippen MR) is 56.4 cm³/mol. The zero-order valence-corrected chi connectivity index (χ0v) is 9.04. The van der Waals surface area contributed by atoms with Gasteiger partial charge in [0, 0.05) is 13.2 Å². The van der Waals surface area contributed by atoms with Crippen molar-refractivity contribution in [2.75, 3.05) is 13.2 Å². The largest absolute Gasteiger partial charge is 0.378 e. The van der Waals surface area contributed by atoms with Crippen LogP contribution in [0.1, 0.15) is 51.4 Å². The van der Waals surface area contributed by atoms with Crippen LogP contribution in [0, 0.1) is 0 Å². The van der Waals surface area contributed by atoms with Crippen molar-refractivity contribution in [1.29, 1.82) is 0 Å². The van der Waals surface area contributed by atoms with Crippen molar-refractivity contribution in [2.24, 2.45) is 0 Å². The molecule has 0 amide bonds. The van der Waals surface area contributed by atoms with Gasteiger partial charge in [0.1, 0.15) is 0 Å². The van der Waals surface area contributed by atoms with E-state index < -0.39 is 0 Å².